The van der Waals surface area contributed by atoms with Gasteiger partial charge in [-0.05, 0) is 42.8 Å². The molecule has 0 atom stereocenters. The average Bonchev–Trinajstić information content (AvgIpc) is 2.70. The molecule has 28 heavy (non-hydrogen) atoms. The highest BCUT2D eigenvalue weighted by Crippen LogP contribution is 2.24. The van der Waals surface area contributed by atoms with Crippen molar-refractivity contribution < 1.29 is 33.7 Å². The summed E-state index contributed by atoms with van der Waals surface area (Å²) < 4.78 is 14.8. The Balaban J connectivity index is 1.87. The number of hydrogen-bond acceptors (Lipinski definition) is 7. The first-order valence-corrected chi connectivity index (χ1v) is 8.55. The summed E-state index contributed by atoms with van der Waals surface area (Å²) in [6.07, 6.45) is 0.729. The van der Waals surface area contributed by atoms with Crippen molar-refractivity contribution in [2.24, 2.45) is 0 Å². The number of nitrogens with one attached hydrogen (secondary N) is 1. The van der Waals surface area contributed by atoms with Crippen LogP contribution in [0.3, 0.4) is 0 Å². The third-order valence-electron chi connectivity index (χ3n) is 3.60. The van der Waals surface area contributed by atoms with E-state index in [9.17, 15) is 19.5 Å². The van der Waals surface area contributed by atoms with Gasteiger partial charge in [-0.15, -0.1) is 0 Å². The van der Waals surface area contributed by atoms with E-state index in [1.54, 1.807) is 0 Å². The molecule has 8 heteroatoms. The molecule has 0 saturated carbocycles. The number of rotatable bonds is 8. The normalized spacial score (nSPS) is 10.1. The van der Waals surface area contributed by atoms with E-state index in [2.05, 4.69) is 5.32 Å². The topological polar surface area (TPSA) is 111 Å². The number of amides is 1. The Labute approximate surface area is 162 Å². The van der Waals surface area contributed by atoms with Gasteiger partial charge in [-0.3, -0.25) is 4.79 Å². The second-order valence-corrected chi connectivity index (χ2v) is 5.72. The Hall–Kier alpha value is -3.55. The number of aromatic hydroxyl groups is 1. The van der Waals surface area contributed by atoms with Crippen molar-refractivity contribution in [1.82, 2.24) is 0 Å². The molecular formula is C20H21NO7. The highest BCUT2D eigenvalue weighted by molar-refractivity contribution is 5.97. The summed E-state index contributed by atoms with van der Waals surface area (Å²) in [5.74, 6) is -1.77. The van der Waals surface area contributed by atoms with Gasteiger partial charge in [-0.25, -0.2) is 9.59 Å². The SMILES string of the molecule is CCCOC(=O)c1ccc(NC(=O)COC(=O)c2ccc(OC)cc2O)cc1. The van der Waals surface area contributed by atoms with Crippen molar-refractivity contribution in [1.29, 1.82) is 0 Å². The minimum Gasteiger partial charge on any atom is -0.507 e. The maximum atomic E-state index is 12.0. The summed E-state index contributed by atoms with van der Waals surface area (Å²) in [6, 6.07) is 10.2. The molecule has 0 radical (unpaired) electrons. The zero-order valence-electron chi connectivity index (χ0n) is 15.6. The van der Waals surface area contributed by atoms with E-state index in [0.717, 1.165) is 6.42 Å². The van der Waals surface area contributed by atoms with Crippen molar-refractivity contribution in [3.8, 4) is 11.5 Å². The van der Waals surface area contributed by atoms with E-state index in [-0.39, 0.29) is 11.3 Å². The molecule has 0 spiro atoms. The molecule has 0 fully saturated rings. The lowest BCUT2D eigenvalue weighted by atomic mass is 10.2. The lowest BCUT2D eigenvalue weighted by molar-refractivity contribution is -0.119. The van der Waals surface area contributed by atoms with Gasteiger partial charge in [-0.2, -0.15) is 0 Å². The summed E-state index contributed by atoms with van der Waals surface area (Å²) in [5, 5.41) is 12.3. The molecule has 0 heterocycles. The third kappa shape index (κ3) is 5.73. The zero-order valence-corrected chi connectivity index (χ0v) is 15.6. The minimum absolute atomic E-state index is 0.0801. The van der Waals surface area contributed by atoms with Gasteiger partial charge in [-0.1, -0.05) is 6.92 Å². The van der Waals surface area contributed by atoms with Gasteiger partial charge in [0.05, 0.1) is 19.3 Å². The van der Waals surface area contributed by atoms with Crippen molar-refractivity contribution in [3.05, 3.63) is 53.6 Å². The highest BCUT2D eigenvalue weighted by Gasteiger charge is 2.15. The van der Waals surface area contributed by atoms with Crippen LogP contribution in [0.15, 0.2) is 42.5 Å². The molecule has 0 aliphatic heterocycles. The molecule has 0 aliphatic carbocycles. The van der Waals surface area contributed by atoms with Crippen LogP contribution in [0.2, 0.25) is 0 Å². The molecule has 0 aromatic heterocycles. The Morgan fingerprint density at radius 2 is 1.71 bits per heavy atom. The molecule has 2 rings (SSSR count). The first-order valence-electron chi connectivity index (χ1n) is 8.55. The summed E-state index contributed by atoms with van der Waals surface area (Å²) >= 11 is 0. The lowest BCUT2D eigenvalue weighted by Crippen LogP contribution is -2.21. The first-order chi connectivity index (χ1) is 13.4. The molecule has 1 amide bonds. The maximum Gasteiger partial charge on any atom is 0.342 e. The summed E-state index contributed by atoms with van der Waals surface area (Å²) in [4.78, 5) is 35.6. The van der Waals surface area contributed by atoms with Gasteiger partial charge >= 0.3 is 11.9 Å². The summed E-state index contributed by atoms with van der Waals surface area (Å²) in [5.41, 5.74) is 0.719. The minimum atomic E-state index is -0.843. The van der Waals surface area contributed by atoms with E-state index in [1.807, 2.05) is 6.92 Å². The molecule has 148 valence electrons. The van der Waals surface area contributed by atoms with Crippen LogP contribution in [0.25, 0.3) is 0 Å². The molecule has 8 nitrogen and oxygen atoms in total. The smallest absolute Gasteiger partial charge is 0.342 e. The number of esters is 2. The Morgan fingerprint density at radius 1 is 1.00 bits per heavy atom. The number of ether oxygens (including phenoxy) is 3. The molecule has 0 aliphatic rings. The predicted molar refractivity (Wildman–Crippen MR) is 101 cm³/mol. The van der Waals surface area contributed by atoms with Gasteiger partial charge in [0.1, 0.15) is 17.1 Å². The number of carbonyl (C=O) groups excluding carboxylic acids is 3. The second kappa shape index (κ2) is 9.96. The maximum absolute atomic E-state index is 12.0. The number of carbonyl (C=O) groups is 3. The number of anilines is 1. The largest absolute Gasteiger partial charge is 0.507 e. The van der Waals surface area contributed by atoms with Gasteiger partial charge < -0.3 is 24.6 Å². The van der Waals surface area contributed by atoms with Crippen LogP contribution in [0.1, 0.15) is 34.1 Å². The van der Waals surface area contributed by atoms with Crippen molar-refractivity contribution in [2.75, 3.05) is 25.6 Å². The first kappa shape index (κ1) is 20.8. The van der Waals surface area contributed by atoms with E-state index < -0.39 is 24.5 Å². The van der Waals surface area contributed by atoms with Crippen LogP contribution in [0.5, 0.6) is 11.5 Å². The Bertz CT molecular complexity index is 846. The van der Waals surface area contributed by atoms with Crippen LogP contribution >= 0.6 is 0 Å². The van der Waals surface area contributed by atoms with Crippen molar-refractivity contribution >= 4 is 23.5 Å². The molecule has 2 aromatic carbocycles. The van der Waals surface area contributed by atoms with Gasteiger partial charge in [0.15, 0.2) is 6.61 Å². The van der Waals surface area contributed by atoms with Gasteiger partial charge in [0, 0.05) is 11.8 Å². The quantitative estimate of drug-likeness (QED) is 0.670. The van der Waals surface area contributed by atoms with Gasteiger partial charge in [0.2, 0.25) is 0 Å². The number of benzene rings is 2. The third-order valence-corrected chi connectivity index (χ3v) is 3.60. The number of phenols is 1. The van der Waals surface area contributed by atoms with Crippen molar-refractivity contribution in [2.45, 2.75) is 13.3 Å². The predicted octanol–water partition coefficient (Wildman–Crippen LogP) is 2.76. The van der Waals surface area contributed by atoms with E-state index in [0.29, 0.717) is 23.6 Å². The van der Waals surface area contributed by atoms with Crippen molar-refractivity contribution in [3.63, 3.8) is 0 Å². The summed E-state index contributed by atoms with van der Waals surface area (Å²) in [7, 11) is 1.43. The second-order valence-electron chi connectivity index (χ2n) is 5.72. The monoisotopic (exact) mass is 387 g/mol. The molecule has 0 bridgehead atoms. The number of methoxy groups -OCH3 is 1. The Morgan fingerprint density at radius 3 is 2.32 bits per heavy atom. The number of phenolic OH excluding ortho intramolecular Hbond substituents is 1. The van der Waals surface area contributed by atoms with E-state index in [4.69, 9.17) is 14.2 Å². The molecule has 2 aromatic rings. The fourth-order valence-corrected chi connectivity index (χ4v) is 2.18. The Kier molecular flexibility index (Phi) is 7.38. The summed E-state index contributed by atoms with van der Waals surface area (Å²) in [6.45, 7) is 1.70. The average molecular weight is 387 g/mol. The molecule has 0 saturated heterocycles. The standard InChI is InChI=1S/C20H21NO7/c1-3-10-27-19(24)13-4-6-14(7-5-13)21-18(23)12-28-20(25)16-9-8-15(26-2)11-17(16)22/h4-9,11,22H,3,10,12H2,1-2H3,(H,21,23). The van der Waals surface area contributed by atoms with E-state index in [1.165, 1.54) is 49.6 Å². The fraction of sp³-hybridized carbons (Fsp3) is 0.250. The van der Waals surface area contributed by atoms with E-state index >= 15 is 0 Å². The van der Waals surface area contributed by atoms with Crippen LogP contribution in [0, 0.1) is 0 Å². The molecule has 2 N–H and O–H groups in total. The fourth-order valence-electron chi connectivity index (χ4n) is 2.18. The van der Waals surface area contributed by atoms with Crippen LogP contribution in [0.4, 0.5) is 5.69 Å². The molecular weight excluding hydrogens is 366 g/mol. The molecule has 0 unspecified atom stereocenters. The van der Waals surface area contributed by atoms with Gasteiger partial charge in [0.25, 0.3) is 5.91 Å². The lowest BCUT2D eigenvalue weighted by Gasteiger charge is -2.09. The van der Waals surface area contributed by atoms with Crippen LogP contribution in [-0.4, -0.2) is 43.3 Å². The van der Waals surface area contributed by atoms with Crippen LogP contribution < -0.4 is 10.1 Å². The number of hydrogen-bond donors (Lipinski definition) is 2. The highest BCUT2D eigenvalue weighted by atomic mass is 16.5. The zero-order chi connectivity index (χ0) is 20.5. The van der Waals surface area contributed by atoms with Crippen LogP contribution in [-0.2, 0) is 14.3 Å².